The van der Waals surface area contributed by atoms with E-state index in [1.807, 2.05) is 36.4 Å². The third-order valence-electron chi connectivity index (χ3n) is 5.86. The van der Waals surface area contributed by atoms with Gasteiger partial charge >= 0.3 is 6.03 Å². The number of carbonyl (C=O) groups is 3. The molecule has 0 spiro atoms. The van der Waals surface area contributed by atoms with Crippen molar-refractivity contribution in [1.29, 1.82) is 0 Å². The van der Waals surface area contributed by atoms with Crippen molar-refractivity contribution in [1.82, 2.24) is 9.80 Å². The van der Waals surface area contributed by atoms with Crippen LogP contribution < -0.4 is 22.9 Å². The number of imide groups is 2. The van der Waals surface area contributed by atoms with Crippen LogP contribution in [0.25, 0.3) is 0 Å². The van der Waals surface area contributed by atoms with Crippen molar-refractivity contribution in [3.05, 3.63) is 65.4 Å². The highest BCUT2D eigenvalue weighted by Crippen LogP contribution is 2.39. The molecule has 1 saturated heterocycles. The molecule has 0 aromatic heterocycles. The smallest absolute Gasteiger partial charge is 0.333 e. The maximum atomic E-state index is 14.3. The van der Waals surface area contributed by atoms with E-state index in [1.165, 1.54) is 0 Å². The Hall–Kier alpha value is -2.49. The number of hydrogen-bond acceptors (Lipinski definition) is 5. The number of halogens is 4. The van der Waals surface area contributed by atoms with Crippen LogP contribution in [0.5, 0.6) is 0 Å². The molecule has 0 aliphatic carbocycles. The Morgan fingerprint density at radius 2 is 0.974 bits per heavy atom. The van der Waals surface area contributed by atoms with Gasteiger partial charge in [0.2, 0.25) is 11.8 Å². The fourth-order valence-electron chi connectivity index (χ4n) is 4.37. The number of hydrogen-bond donors (Lipinski definition) is 4. The van der Waals surface area contributed by atoms with Gasteiger partial charge in [0, 0.05) is 17.9 Å². The average Bonchev–Trinajstić information content (AvgIpc) is 2.80. The number of guanidine groups is 2. The summed E-state index contributed by atoms with van der Waals surface area (Å²) in [5, 5.41) is 0. The normalized spacial score (nSPS) is 14.9. The molecular weight excluding hydrogens is 768 g/mol. The van der Waals surface area contributed by atoms with Gasteiger partial charge in [0.1, 0.15) is 5.41 Å². The summed E-state index contributed by atoms with van der Waals surface area (Å²) >= 11 is 13.9. The first-order valence-electron chi connectivity index (χ1n) is 11.5. The van der Waals surface area contributed by atoms with E-state index in [2.05, 4.69) is 73.7 Å². The third kappa shape index (κ3) is 7.80. The molecule has 0 bridgehead atoms. The van der Waals surface area contributed by atoms with Crippen molar-refractivity contribution >= 4 is 93.5 Å². The molecule has 8 N–H and O–H groups in total. The number of nitrogens with zero attached hydrogens (tertiary/aromatic N) is 4. The minimum absolute atomic E-state index is 0.0116. The van der Waals surface area contributed by atoms with E-state index in [-0.39, 0.29) is 50.9 Å². The van der Waals surface area contributed by atoms with E-state index in [0.717, 1.165) is 27.7 Å². The maximum absolute atomic E-state index is 14.3. The van der Waals surface area contributed by atoms with Gasteiger partial charge in [0.05, 0.1) is 26.2 Å². The van der Waals surface area contributed by atoms with Gasteiger partial charge in [-0.15, -0.1) is 0 Å². The van der Waals surface area contributed by atoms with Crippen LogP contribution >= 0.6 is 63.7 Å². The number of barbiturate groups is 1. The van der Waals surface area contributed by atoms with Crippen LogP contribution in [0.3, 0.4) is 0 Å². The highest BCUT2D eigenvalue weighted by atomic mass is 79.9. The van der Waals surface area contributed by atoms with Crippen molar-refractivity contribution in [2.24, 2.45) is 38.3 Å². The number of urea groups is 1. The van der Waals surface area contributed by atoms with E-state index < -0.39 is 23.3 Å². The van der Waals surface area contributed by atoms with Crippen LogP contribution in [-0.2, 0) is 22.4 Å². The second kappa shape index (κ2) is 13.2. The molecule has 0 saturated carbocycles. The molecule has 1 heterocycles. The SMILES string of the molecule is NC(N)=NCCN1C(=O)N(CCN=C(N)N)C(=O)C(Cc2cc(Br)cc(Br)c2)(Cc2cc(Br)cc(Br)c2)C1=O. The van der Waals surface area contributed by atoms with Crippen LogP contribution in [0.4, 0.5) is 4.79 Å². The van der Waals surface area contributed by atoms with Crippen LogP contribution in [0.2, 0.25) is 0 Å². The van der Waals surface area contributed by atoms with Crippen molar-refractivity contribution in [2.45, 2.75) is 12.8 Å². The first-order chi connectivity index (χ1) is 18.3. The zero-order valence-corrected chi connectivity index (χ0v) is 26.9. The summed E-state index contributed by atoms with van der Waals surface area (Å²) in [4.78, 5) is 51.8. The van der Waals surface area contributed by atoms with Crippen LogP contribution in [0.15, 0.2) is 64.3 Å². The van der Waals surface area contributed by atoms with Crippen molar-refractivity contribution < 1.29 is 14.4 Å². The molecule has 208 valence electrons. The van der Waals surface area contributed by atoms with E-state index in [0.29, 0.717) is 11.1 Å². The predicted molar refractivity (Wildman–Crippen MR) is 164 cm³/mol. The Bertz CT molecular complexity index is 1200. The van der Waals surface area contributed by atoms with Crippen LogP contribution in [0, 0.1) is 5.41 Å². The standard InChI is InChI=1S/C24H26Br4N8O3/c25-15-5-13(6-16(26)9-15)11-24(12-14-7-17(27)10-18(28)8-14)19(37)35(3-1-33-21(29)30)23(39)36(20(24)38)4-2-34-22(31)32/h5-10H,1-4,11-12H2,(H4,29,30,33)(H4,31,32,34). The van der Waals surface area contributed by atoms with Gasteiger partial charge in [0.25, 0.3) is 0 Å². The Morgan fingerprint density at radius 3 is 1.28 bits per heavy atom. The van der Waals surface area contributed by atoms with Gasteiger partial charge in [-0.3, -0.25) is 29.4 Å². The number of amides is 4. The lowest BCUT2D eigenvalue weighted by atomic mass is 9.73. The van der Waals surface area contributed by atoms with Gasteiger partial charge in [-0.25, -0.2) is 4.79 Å². The molecular formula is C24H26Br4N8O3. The highest BCUT2D eigenvalue weighted by Gasteiger charge is 2.57. The number of aliphatic imine (C=N–C) groups is 2. The maximum Gasteiger partial charge on any atom is 0.333 e. The van der Waals surface area contributed by atoms with Gasteiger partial charge in [-0.05, 0) is 60.4 Å². The minimum atomic E-state index is -1.68. The van der Waals surface area contributed by atoms with E-state index in [9.17, 15) is 14.4 Å². The van der Waals surface area contributed by atoms with Gasteiger partial charge in [0.15, 0.2) is 11.9 Å². The number of rotatable bonds is 10. The summed E-state index contributed by atoms with van der Waals surface area (Å²) in [7, 11) is 0. The highest BCUT2D eigenvalue weighted by molar-refractivity contribution is 9.11. The fraction of sp³-hybridized carbons (Fsp3) is 0.292. The molecule has 11 nitrogen and oxygen atoms in total. The number of nitrogens with two attached hydrogens (primary N) is 4. The molecule has 1 aliphatic rings. The molecule has 1 fully saturated rings. The fourth-order valence-corrected chi connectivity index (χ4v) is 7.15. The lowest BCUT2D eigenvalue weighted by Crippen LogP contribution is -2.67. The zero-order chi connectivity index (χ0) is 28.9. The Kier molecular flexibility index (Phi) is 10.5. The molecule has 2 aromatic rings. The number of benzene rings is 2. The van der Waals surface area contributed by atoms with Gasteiger partial charge in [-0.2, -0.15) is 0 Å². The molecule has 2 aromatic carbocycles. The van der Waals surface area contributed by atoms with Crippen LogP contribution in [0.1, 0.15) is 11.1 Å². The van der Waals surface area contributed by atoms with Gasteiger partial charge < -0.3 is 22.9 Å². The second-order valence-corrected chi connectivity index (χ2v) is 12.5. The van der Waals surface area contributed by atoms with Gasteiger partial charge in [-0.1, -0.05) is 63.7 Å². The number of carbonyl (C=O) groups excluding carboxylic acids is 3. The second-order valence-electron chi connectivity index (χ2n) is 8.80. The van der Waals surface area contributed by atoms with E-state index >= 15 is 0 Å². The first kappa shape index (κ1) is 31.0. The third-order valence-corrected chi connectivity index (χ3v) is 7.69. The molecule has 3 rings (SSSR count). The Balaban J connectivity index is 2.18. The quantitative estimate of drug-likeness (QED) is 0.162. The first-order valence-corrected chi connectivity index (χ1v) is 14.7. The Labute approximate surface area is 258 Å². The van der Waals surface area contributed by atoms with E-state index in [1.54, 1.807) is 0 Å². The van der Waals surface area contributed by atoms with Crippen molar-refractivity contribution in [3.63, 3.8) is 0 Å². The molecule has 0 atom stereocenters. The molecule has 39 heavy (non-hydrogen) atoms. The Morgan fingerprint density at radius 1 is 0.641 bits per heavy atom. The minimum Gasteiger partial charge on any atom is -0.370 e. The monoisotopic (exact) mass is 790 g/mol. The summed E-state index contributed by atoms with van der Waals surface area (Å²) in [5.41, 5.74) is 21.5. The average molecular weight is 794 g/mol. The largest absolute Gasteiger partial charge is 0.370 e. The summed E-state index contributed by atoms with van der Waals surface area (Å²) in [6, 6.07) is 10.2. The lowest BCUT2D eigenvalue weighted by Gasteiger charge is -2.44. The van der Waals surface area contributed by atoms with Crippen molar-refractivity contribution in [2.75, 3.05) is 26.2 Å². The summed E-state index contributed by atoms with van der Waals surface area (Å²) < 4.78 is 3.03. The molecule has 0 unspecified atom stereocenters. The molecule has 0 radical (unpaired) electrons. The summed E-state index contributed by atoms with van der Waals surface area (Å²) in [6.45, 7) is -0.325. The predicted octanol–water partition coefficient (Wildman–Crippen LogP) is 2.85. The molecule has 1 aliphatic heterocycles. The van der Waals surface area contributed by atoms with Crippen molar-refractivity contribution in [3.8, 4) is 0 Å². The molecule has 15 heteroatoms. The zero-order valence-electron chi connectivity index (χ0n) is 20.5. The summed E-state index contributed by atoms with van der Waals surface area (Å²) in [5.74, 6) is -1.66. The van der Waals surface area contributed by atoms with Crippen LogP contribution in [-0.4, -0.2) is 65.7 Å². The lowest BCUT2D eigenvalue weighted by molar-refractivity contribution is -0.158. The van der Waals surface area contributed by atoms with E-state index in [4.69, 9.17) is 22.9 Å². The molecule has 4 amide bonds. The topological polar surface area (TPSA) is 186 Å². The summed E-state index contributed by atoms with van der Waals surface area (Å²) in [6.07, 6.45) is 0.0232.